The summed E-state index contributed by atoms with van der Waals surface area (Å²) < 4.78 is 14.9. The monoisotopic (exact) mass is 505 g/mol. The predicted molar refractivity (Wildman–Crippen MR) is 141 cm³/mol. The lowest BCUT2D eigenvalue weighted by Gasteiger charge is -2.43. The highest BCUT2D eigenvalue weighted by Gasteiger charge is 2.51. The molecule has 0 saturated carbocycles. The van der Waals surface area contributed by atoms with E-state index in [1.54, 1.807) is 4.57 Å². The summed E-state index contributed by atoms with van der Waals surface area (Å²) >= 11 is 0. The van der Waals surface area contributed by atoms with E-state index in [1.165, 1.54) is 6.33 Å². The van der Waals surface area contributed by atoms with E-state index in [4.69, 9.17) is 14.9 Å². The van der Waals surface area contributed by atoms with Gasteiger partial charge in [-0.15, -0.1) is 0 Å². The van der Waals surface area contributed by atoms with Gasteiger partial charge in [0.15, 0.2) is 11.2 Å². The van der Waals surface area contributed by atoms with Crippen LogP contribution in [0.4, 0.5) is 5.95 Å². The number of aromatic amines is 1. The molecule has 3 heterocycles. The zero-order chi connectivity index (χ0) is 25.5. The van der Waals surface area contributed by atoms with Gasteiger partial charge >= 0.3 is 0 Å². The number of aliphatic hydroxyl groups is 1. The molecule has 1 saturated heterocycles. The fourth-order valence-electron chi connectivity index (χ4n) is 5.16. The Morgan fingerprint density at radius 1 is 1.14 bits per heavy atom. The summed E-state index contributed by atoms with van der Waals surface area (Å²) in [7, 11) is -2.78. The second kappa shape index (κ2) is 9.29. The molecule has 2 aromatic carbocycles. The third kappa shape index (κ3) is 4.15. The van der Waals surface area contributed by atoms with Crippen molar-refractivity contribution >= 4 is 35.8 Å². The normalized spacial score (nSPS) is 20.7. The predicted octanol–water partition coefficient (Wildman–Crippen LogP) is 1.93. The van der Waals surface area contributed by atoms with Gasteiger partial charge in [-0.25, -0.2) is 4.98 Å². The number of nitrogens with zero attached hydrogens (tertiary/aromatic N) is 3. The van der Waals surface area contributed by atoms with Gasteiger partial charge in [0.1, 0.15) is 12.3 Å². The lowest BCUT2D eigenvalue weighted by atomic mass is 10.2. The first-order valence-corrected chi connectivity index (χ1v) is 13.9. The van der Waals surface area contributed by atoms with Crippen molar-refractivity contribution in [2.75, 3.05) is 12.3 Å². The first kappa shape index (κ1) is 24.4. The van der Waals surface area contributed by atoms with Gasteiger partial charge in [-0.05, 0) is 15.4 Å². The summed E-state index contributed by atoms with van der Waals surface area (Å²) in [4.78, 5) is 23.0. The lowest BCUT2D eigenvalue weighted by Crippen LogP contribution is -2.67. The molecule has 1 fully saturated rings. The third-order valence-electron chi connectivity index (χ3n) is 6.85. The van der Waals surface area contributed by atoms with Crippen LogP contribution in [0.3, 0.4) is 0 Å². The smallest absolute Gasteiger partial charge is 0.280 e. The van der Waals surface area contributed by atoms with Crippen molar-refractivity contribution in [2.45, 2.75) is 50.7 Å². The number of rotatable bonds is 6. The molecule has 36 heavy (non-hydrogen) atoms. The number of imidazole rings is 1. The van der Waals surface area contributed by atoms with Crippen LogP contribution in [0, 0.1) is 0 Å². The standard InChI is InChI=1S/C26H31N5O4Si/c1-26(2,3)36(17-10-6-4-7-11-17,18-12-8-5-9-13-18)34-15-20-19(32)14-21(35-20)31-16-28-22-23(31)29-25(27)30-24(22)33/h4-13,16,19-21,32H,14-15H2,1-3H3,(H3,27,29,30,33). The van der Waals surface area contributed by atoms with Crippen LogP contribution in [0.2, 0.25) is 5.04 Å². The highest BCUT2D eigenvalue weighted by atomic mass is 28.4. The maximum atomic E-state index is 12.2. The summed E-state index contributed by atoms with van der Waals surface area (Å²) in [5.41, 5.74) is 5.82. The number of aromatic nitrogens is 4. The van der Waals surface area contributed by atoms with Gasteiger partial charge < -0.3 is 20.0 Å². The summed E-state index contributed by atoms with van der Waals surface area (Å²) in [6.07, 6.45) is -0.0612. The molecular weight excluding hydrogens is 474 g/mol. The number of nitrogen functional groups attached to an aromatic ring is 1. The van der Waals surface area contributed by atoms with E-state index in [0.29, 0.717) is 12.1 Å². The molecule has 10 heteroatoms. The van der Waals surface area contributed by atoms with Crippen molar-refractivity contribution in [3.63, 3.8) is 0 Å². The van der Waals surface area contributed by atoms with Crippen LogP contribution in [-0.2, 0) is 9.16 Å². The molecule has 1 aliphatic heterocycles. The van der Waals surface area contributed by atoms with Crippen molar-refractivity contribution < 1.29 is 14.3 Å². The molecular formula is C26H31N5O4Si. The molecule has 3 unspecified atom stereocenters. The highest BCUT2D eigenvalue weighted by Crippen LogP contribution is 2.38. The number of anilines is 1. The van der Waals surface area contributed by atoms with Gasteiger partial charge in [-0.2, -0.15) is 4.98 Å². The highest BCUT2D eigenvalue weighted by molar-refractivity contribution is 6.99. The van der Waals surface area contributed by atoms with Gasteiger partial charge in [0.05, 0.1) is 19.0 Å². The van der Waals surface area contributed by atoms with Crippen molar-refractivity contribution in [1.82, 2.24) is 19.5 Å². The van der Waals surface area contributed by atoms with Crippen LogP contribution in [0.5, 0.6) is 0 Å². The third-order valence-corrected chi connectivity index (χ3v) is 11.9. The van der Waals surface area contributed by atoms with Crippen LogP contribution in [0.1, 0.15) is 33.4 Å². The minimum absolute atomic E-state index is 0.000591. The number of benzene rings is 2. The van der Waals surface area contributed by atoms with E-state index in [1.807, 2.05) is 36.4 Å². The van der Waals surface area contributed by atoms with E-state index >= 15 is 0 Å². The average molecular weight is 506 g/mol. The second-order valence-electron chi connectivity index (χ2n) is 10.2. The van der Waals surface area contributed by atoms with E-state index < -0.39 is 32.3 Å². The second-order valence-corrected chi connectivity index (χ2v) is 14.5. The molecule has 9 nitrogen and oxygen atoms in total. The van der Waals surface area contributed by atoms with Crippen molar-refractivity contribution in [1.29, 1.82) is 0 Å². The number of nitrogens with one attached hydrogen (secondary N) is 1. The molecule has 0 spiro atoms. The number of ether oxygens (including phenoxy) is 1. The molecule has 0 amide bonds. The van der Waals surface area contributed by atoms with E-state index in [0.717, 1.165) is 10.4 Å². The van der Waals surface area contributed by atoms with Gasteiger partial charge in [0.25, 0.3) is 13.9 Å². The lowest BCUT2D eigenvalue weighted by molar-refractivity contribution is -0.0398. The Morgan fingerprint density at radius 3 is 2.33 bits per heavy atom. The SMILES string of the molecule is CC(C)(C)[Si](OCC1OC(n2cnc3c(=O)[nH]c(N)nc32)CC1O)(c1ccccc1)c1ccccc1. The number of H-pyrrole nitrogens is 1. The zero-order valence-electron chi connectivity index (χ0n) is 20.6. The molecule has 1 aliphatic rings. The molecule has 4 N–H and O–H groups in total. The molecule has 0 radical (unpaired) electrons. The minimum Gasteiger partial charge on any atom is -0.405 e. The van der Waals surface area contributed by atoms with Crippen LogP contribution in [-0.4, -0.2) is 51.8 Å². The minimum atomic E-state index is -2.78. The van der Waals surface area contributed by atoms with Gasteiger partial charge in [-0.3, -0.25) is 14.3 Å². The first-order chi connectivity index (χ1) is 17.2. The van der Waals surface area contributed by atoms with Crippen LogP contribution in [0.25, 0.3) is 11.2 Å². The summed E-state index contributed by atoms with van der Waals surface area (Å²) in [5, 5.41) is 13.1. The molecule has 4 aromatic rings. The topological polar surface area (TPSA) is 128 Å². The summed E-state index contributed by atoms with van der Waals surface area (Å²) in [6.45, 7) is 6.84. The van der Waals surface area contributed by atoms with Crippen LogP contribution in [0.15, 0.2) is 71.8 Å². The number of fused-ring (bicyclic) bond motifs is 1. The van der Waals surface area contributed by atoms with Crippen molar-refractivity contribution in [2.24, 2.45) is 0 Å². The van der Waals surface area contributed by atoms with Gasteiger partial charge in [0, 0.05) is 6.42 Å². The number of nitrogens with two attached hydrogens (primary N) is 1. The summed E-state index contributed by atoms with van der Waals surface area (Å²) in [6, 6.07) is 20.7. The Morgan fingerprint density at radius 2 is 1.75 bits per heavy atom. The Labute approximate surface area is 210 Å². The summed E-state index contributed by atoms with van der Waals surface area (Å²) in [5.74, 6) is -0.000591. The molecule has 3 atom stereocenters. The van der Waals surface area contributed by atoms with Crippen molar-refractivity contribution in [3.05, 3.63) is 77.3 Å². The Balaban J connectivity index is 1.46. The molecule has 0 bridgehead atoms. The zero-order valence-corrected chi connectivity index (χ0v) is 21.6. The Hall–Kier alpha value is -3.31. The maximum absolute atomic E-state index is 12.2. The number of aliphatic hydroxyl groups excluding tert-OH is 1. The first-order valence-electron chi connectivity index (χ1n) is 12.0. The average Bonchev–Trinajstić information content (AvgIpc) is 3.43. The quantitative estimate of drug-likeness (QED) is 0.342. The maximum Gasteiger partial charge on any atom is 0.280 e. The van der Waals surface area contributed by atoms with E-state index in [-0.39, 0.29) is 23.1 Å². The molecule has 0 aliphatic carbocycles. The fourth-order valence-corrected chi connectivity index (χ4v) is 9.73. The fraction of sp³-hybridized carbons (Fsp3) is 0.346. The molecule has 2 aromatic heterocycles. The largest absolute Gasteiger partial charge is 0.405 e. The molecule has 5 rings (SSSR count). The Bertz CT molecular complexity index is 1360. The molecule has 188 valence electrons. The van der Waals surface area contributed by atoms with E-state index in [9.17, 15) is 9.90 Å². The Kier molecular flexibility index (Phi) is 6.29. The van der Waals surface area contributed by atoms with Crippen LogP contribution < -0.4 is 21.7 Å². The van der Waals surface area contributed by atoms with Crippen LogP contribution >= 0.6 is 0 Å². The van der Waals surface area contributed by atoms with Gasteiger partial charge in [0.2, 0.25) is 5.95 Å². The van der Waals surface area contributed by atoms with E-state index in [2.05, 4.69) is 60.0 Å². The number of hydrogen-bond donors (Lipinski definition) is 3. The number of hydrogen-bond acceptors (Lipinski definition) is 7. The van der Waals surface area contributed by atoms with Gasteiger partial charge in [-0.1, -0.05) is 81.4 Å². The van der Waals surface area contributed by atoms with Crippen molar-refractivity contribution in [3.8, 4) is 0 Å².